The van der Waals surface area contributed by atoms with Crippen molar-refractivity contribution in [3.05, 3.63) is 12.0 Å². The number of aliphatic carboxylic acids is 1. The highest BCUT2D eigenvalue weighted by Gasteiger charge is 2.27. The molecule has 136 valence electrons. The van der Waals surface area contributed by atoms with E-state index in [1.165, 1.54) is 0 Å². The molecule has 0 unspecified atom stereocenters. The molecule has 10 nitrogen and oxygen atoms in total. The molecule has 10 heteroatoms. The summed E-state index contributed by atoms with van der Waals surface area (Å²) in [5, 5.41) is 25.3. The van der Waals surface area contributed by atoms with Crippen LogP contribution in [-0.4, -0.2) is 45.6 Å². The van der Waals surface area contributed by atoms with Crippen molar-refractivity contribution in [3.8, 4) is 0 Å². The zero-order valence-electron chi connectivity index (χ0n) is 14.6. The van der Waals surface area contributed by atoms with Crippen molar-refractivity contribution in [2.24, 2.45) is 31.7 Å². The molecule has 0 aliphatic rings. The molecular formula is C14H26N6O4. The van der Waals surface area contributed by atoms with Gasteiger partial charge in [0, 0.05) is 0 Å². The highest BCUT2D eigenvalue weighted by atomic mass is 17.1. The average Bonchev–Trinajstić information content (AvgIpc) is 2.45. The standard InChI is InChI=1S/C14H26N6O4/c1-9(8-24-23)18-12(16)14(4,5)20-19-13(2,3)11(15)17-7-6-10(21)22/h8,23H,6-7H2,1-5H3,(H2,15,17)(H2,16,18)(H,21,22). The number of hydrogen-bond donors (Lipinski definition) is 4. The Kier molecular flexibility index (Phi) is 8.03. The monoisotopic (exact) mass is 342 g/mol. The minimum absolute atomic E-state index is 0.0677. The lowest BCUT2D eigenvalue weighted by atomic mass is 10.0. The van der Waals surface area contributed by atoms with Crippen LogP contribution in [-0.2, 0) is 9.68 Å². The third-order valence-corrected chi connectivity index (χ3v) is 2.93. The Morgan fingerprint density at radius 3 is 2.08 bits per heavy atom. The molecule has 0 radical (unpaired) electrons. The predicted octanol–water partition coefficient (Wildman–Crippen LogP) is 1.54. The van der Waals surface area contributed by atoms with Gasteiger partial charge in [0.05, 0.1) is 18.7 Å². The number of carboxylic acid groups (broad SMARTS) is 1. The van der Waals surface area contributed by atoms with E-state index in [0.29, 0.717) is 5.70 Å². The van der Waals surface area contributed by atoms with Gasteiger partial charge in [0.25, 0.3) is 0 Å². The van der Waals surface area contributed by atoms with Crippen molar-refractivity contribution < 1.29 is 20.0 Å². The van der Waals surface area contributed by atoms with Crippen LogP contribution in [0.2, 0.25) is 0 Å². The number of carbonyl (C=O) groups is 1. The molecule has 24 heavy (non-hydrogen) atoms. The molecule has 0 spiro atoms. The predicted molar refractivity (Wildman–Crippen MR) is 90.8 cm³/mol. The topological polar surface area (TPSA) is 168 Å². The van der Waals surface area contributed by atoms with E-state index in [2.05, 4.69) is 25.1 Å². The van der Waals surface area contributed by atoms with Gasteiger partial charge >= 0.3 is 5.97 Å². The van der Waals surface area contributed by atoms with Gasteiger partial charge in [-0.25, -0.2) is 10.2 Å². The second-order valence-electron chi connectivity index (χ2n) is 6.09. The fraction of sp³-hybridized carbons (Fsp3) is 0.643. The summed E-state index contributed by atoms with van der Waals surface area (Å²) in [4.78, 5) is 22.4. The molecule has 0 fully saturated rings. The maximum Gasteiger partial charge on any atom is 0.305 e. The van der Waals surface area contributed by atoms with Gasteiger partial charge in [0.2, 0.25) is 0 Å². The van der Waals surface area contributed by atoms with Crippen LogP contribution in [0.3, 0.4) is 0 Å². The molecule has 0 aromatic carbocycles. The van der Waals surface area contributed by atoms with Gasteiger partial charge in [-0.2, -0.15) is 10.2 Å². The van der Waals surface area contributed by atoms with E-state index in [4.69, 9.17) is 21.8 Å². The van der Waals surface area contributed by atoms with Crippen molar-refractivity contribution in [2.45, 2.75) is 52.1 Å². The Bertz CT molecular complexity index is 564. The zero-order valence-corrected chi connectivity index (χ0v) is 14.6. The molecule has 0 aliphatic heterocycles. The Hall–Kier alpha value is -2.49. The minimum Gasteiger partial charge on any atom is -0.481 e. The van der Waals surface area contributed by atoms with E-state index < -0.39 is 17.0 Å². The molecule has 0 rings (SSSR count). The van der Waals surface area contributed by atoms with E-state index in [1.807, 2.05) is 0 Å². The molecule has 0 amide bonds. The summed E-state index contributed by atoms with van der Waals surface area (Å²) >= 11 is 0. The number of carboxylic acids is 1. The third-order valence-electron chi connectivity index (χ3n) is 2.93. The second-order valence-corrected chi connectivity index (χ2v) is 6.09. The molecule has 0 heterocycles. The Balaban J connectivity index is 5.18. The van der Waals surface area contributed by atoms with E-state index in [9.17, 15) is 4.79 Å². The largest absolute Gasteiger partial charge is 0.481 e. The number of hydrogen-bond acceptors (Lipinski definition) is 7. The van der Waals surface area contributed by atoms with Crippen LogP contribution >= 0.6 is 0 Å². The van der Waals surface area contributed by atoms with Crippen molar-refractivity contribution in [1.29, 1.82) is 0 Å². The first-order chi connectivity index (χ1) is 10.9. The van der Waals surface area contributed by atoms with Crippen molar-refractivity contribution >= 4 is 17.6 Å². The molecular weight excluding hydrogens is 316 g/mol. The molecule has 6 N–H and O–H groups in total. The second kappa shape index (κ2) is 8.96. The summed E-state index contributed by atoms with van der Waals surface area (Å²) in [6.07, 6.45) is 0.911. The van der Waals surface area contributed by atoms with Gasteiger partial charge in [0.15, 0.2) is 6.26 Å². The SMILES string of the molecule is CC(=COO)N=C(N)C(C)(C)N=NC(C)(C)C(N)=NCCC(=O)O. The number of allylic oxidation sites excluding steroid dienone is 1. The minimum atomic E-state index is -0.952. The summed E-state index contributed by atoms with van der Waals surface area (Å²) in [6, 6.07) is 0. The van der Waals surface area contributed by atoms with Crippen molar-refractivity contribution in [2.75, 3.05) is 6.54 Å². The van der Waals surface area contributed by atoms with Crippen LogP contribution in [0.4, 0.5) is 0 Å². The molecule has 0 aromatic heterocycles. The summed E-state index contributed by atoms with van der Waals surface area (Å²) < 4.78 is 0. The number of rotatable bonds is 9. The van der Waals surface area contributed by atoms with Crippen LogP contribution in [0.25, 0.3) is 0 Å². The lowest BCUT2D eigenvalue weighted by Gasteiger charge is -2.22. The third kappa shape index (κ3) is 7.68. The maximum atomic E-state index is 10.5. The molecule has 0 atom stereocenters. The number of azo groups is 1. The van der Waals surface area contributed by atoms with Crippen molar-refractivity contribution in [1.82, 2.24) is 0 Å². The van der Waals surface area contributed by atoms with Gasteiger partial charge in [-0.05, 0) is 34.6 Å². The lowest BCUT2D eigenvalue weighted by molar-refractivity contribution is -0.187. The molecule has 0 aromatic rings. The quantitative estimate of drug-likeness (QED) is 0.124. The van der Waals surface area contributed by atoms with Crippen molar-refractivity contribution in [3.63, 3.8) is 0 Å². The van der Waals surface area contributed by atoms with Gasteiger partial charge in [-0.3, -0.25) is 9.79 Å². The normalized spacial score (nSPS) is 15.0. The summed E-state index contributed by atoms with van der Waals surface area (Å²) in [5.41, 5.74) is 10.3. The van der Waals surface area contributed by atoms with E-state index in [1.54, 1.807) is 34.6 Å². The molecule has 0 saturated carbocycles. The highest BCUT2D eigenvalue weighted by molar-refractivity contribution is 5.91. The summed E-state index contributed by atoms with van der Waals surface area (Å²) in [7, 11) is 0. The Morgan fingerprint density at radius 1 is 1.12 bits per heavy atom. The van der Waals surface area contributed by atoms with Crippen LogP contribution < -0.4 is 11.5 Å². The number of aliphatic imine (C=N–C) groups is 2. The van der Waals surface area contributed by atoms with Crippen LogP contribution in [0.1, 0.15) is 41.0 Å². The first-order valence-corrected chi connectivity index (χ1v) is 7.20. The van der Waals surface area contributed by atoms with Gasteiger partial charge < -0.3 is 21.5 Å². The highest BCUT2D eigenvalue weighted by Crippen LogP contribution is 2.17. The number of nitrogens with two attached hydrogens (primary N) is 2. The van der Waals surface area contributed by atoms with E-state index in [-0.39, 0.29) is 24.6 Å². The van der Waals surface area contributed by atoms with Gasteiger partial charge in [-0.1, -0.05) is 0 Å². The lowest BCUT2D eigenvalue weighted by Crippen LogP contribution is -2.40. The van der Waals surface area contributed by atoms with Crippen LogP contribution in [0.15, 0.2) is 32.2 Å². The van der Waals surface area contributed by atoms with E-state index in [0.717, 1.165) is 6.26 Å². The zero-order chi connectivity index (χ0) is 19.0. The van der Waals surface area contributed by atoms with Gasteiger partial charge in [-0.15, -0.1) is 0 Å². The first kappa shape index (κ1) is 21.5. The Labute approximate surface area is 141 Å². The fourth-order valence-corrected chi connectivity index (χ4v) is 1.25. The summed E-state index contributed by atoms with van der Waals surface area (Å²) in [6.45, 7) is 8.46. The maximum absolute atomic E-state index is 10.5. The first-order valence-electron chi connectivity index (χ1n) is 7.20. The molecule has 0 saturated heterocycles. The van der Waals surface area contributed by atoms with Crippen LogP contribution in [0.5, 0.6) is 0 Å². The molecule has 0 aliphatic carbocycles. The summed E-state index contributed by atoms with van der Waals surface area (Å²) in [5.74, 6) is -0.621. The number of nitrogens with zero attached hydrogens (tertiary/aromatic N) is 4. The number of amidine groups is 2. The van der Waals surface area contributed by atoms with Crippen LogP contribution in [0, 0.1) is 0 Å². The molecule has 0 bridgehead atoms. The average molecular weight is 342 g/mol. The fourth-order valence-electron chi connectivity index (χ4n) is 1.25. The van der Waals surface area contributed by atoms with E-state index >= 15 is 0 Å². The smallest absolute Gasteiger partial charge is 0.305 e. The van der Waals surface area contributed by atoms with Gasteiger partial charge in [0.1, 0.15) is 22.7 Å². The Morgan fingerprint density at radius 2 is 1.62 bits per heavy atom.